The summed E-state index contributed by atoms with van der Waals surface area (Å²) in [6, 6.07) is 11.2. The Balaban J connectivity index is 1.77. The van der Waals surface area contributed by atoms with E-state index in [1.807, 2.05) is 31.2 Å². The number of nitrogens with one attached hydrogen (secondary N) is 1. The number of benzene rings is 2. The fraction of sp³-hybridized carbons (Fsp3) is 0.286. The second-order valence-corrected chi connectivity index (χ2v) is 6.21. The van der Waals surface area contributed by atoms with Crippen LogP contribution in [0.1, 0.15) is 24.4 Å². The number of carbonyl (C=O) groups is 1. The number of para-hydroxylation sites is 1. The Kier molecular flexibility index (Phi) is 6.87. The molecule has 0 aliphatic carbocycles. The number of aromatic nitrogens is 2. The molecule has 30 heavy (non-hydrogen) atoms. The van der Waals surface area contributed by atoms with Gasteiger partial charge in [-0.25, -0.2) is 4.79 Å². The zero-order valence-electron chi connectivity index (χ0n) is 16.9. The van der Waals surface area contributed by atoms with Crippen LogP contribution in [0.5, 0.6) is 17.2 Å². The van der Waals surface area contributed by atoms with Crippen LogP contribution in [0.4, 0.5) is 0 Å². The predicted octanol–water partition coefficient (Wildman–Crippen LogP) is 2.85. The molecule has 1 aromatic heterocycles. The molecule has 1 atom stereocenters. The van der Waals surface area contributed by atoms with Crippen LogP contribution in [0.3, 0.4) is 0 Å². The molecular formula is C21H23N3O6. The average molecular weight is 413 g/mol. The molecule has 0 aliphatic heterocycles. The molecule has 1 heterocycles. The predicted molar refractivity (Wildman–Crippen MR) is 107 cm³/mol. The van der Waals surface area contributed by atoms with Gasteiger partial charge in [0.25, 0.3) is 0 Å². The van der Waals surface area contributed by atoms with E-state index in [-0.39, 0.29) is 18.2 Å². The van der Waals surface area contributed by atoms with E-state index in [4.69, 9.17) is 18.7 Å². The van der Waals surface area contributed by atoms with Gasteiger partial charge in [0.2, 0.25) is 11.7 Å². The van der Waals surface area contributed by atoms with Gasteiger partial charge >= 0.3 is 5.97 Å². The summed E-state index contributed by atoms with van der Waals surface area (Å²) in [5.74, 6) is 1.01. The third-order valence-corrected chi connectivity index (χ3v) is 4.33. The van der Waals surface area contributed by atoms with E-state index in [1.165, 1.54) is 20.3 Å². The highest BCUT2D eigenvalue weighted by molar-refractivity contribution is 5.78. The molecule has 0 radical (unpaired) electrons. The number of carbonyl (C=O) groups excluding carboxylic acids is 1. The molecule has 9 heteroatoms. The Morgan fingerprint density at radius 3 is 2.70 bits per heavy atom. The third-order valence-electron chi connectivity index (χ3n) is 4.33. The Labute approximate surface area is 173 Å². The van der Waals surface area contributed by atoms with E-state index < -0.39 is 12.0 Å². The highest BCUT2D eigenvalue weighted by Gasteiger charge is 2.23. The molecule has 3 rings (SSSR count). The van der Waals surface area contributed by atoms with Crippen LogP contribution in [0.2, 0.25) is 0 Å². The lowest BCUT2D eigenvalue weighted by atomic mass is 10.1. The molecule has 0 aliphatic rings. The molecule has 0 amide bonds. The molecule has 2 aromatic carbocycles. The van der Waals surface area contributed by atoms with Gasteiger partial charge in [-0.3, -0.25) is 5.32 Å². The number of aromatic hydroxyl groups is 1. The monoisotopic (exact) mass is 413 g/mol. The van der Waals surface area contributed by atoms with Crippen molar-refractivity contribution in [1.29, 1.82) is 0 Å². The first-order chi connectivity index (χ1) is 14.6. The summed E-state index contributed by atoms with van der Waals surface area (Å²) in [4.78, 5) is 16.6. The summed E-state index contributed by atoms with van der Waals surface area (Å²) >= 11 is 0. The van der Waals surface area contributed by atoms with Crippen molar-refractivity contribution in [1.82, 2.24) is 15.5 Å². The van der Waals surface area contributed by atoms with Crippen molar-refractivity contribution < 1.29 is 28.6 Å². The Morgan fingerprint density at radius 2 is 2.00 bits per heavy atom. The zero-order valence-corrected chi connectivity index (χ0v) is 16.9. The van der Waals surface area contributed by atoms with E-state index >= 15 is 0 Å². The summed E-state index contributed by atoms with van der Waals surface area (Å²) in [6.45, 7) is 2.52. The van der Waals surface area contributed by atoms with Gasteiger partial charge in [0.05, 0.1) is 32.9 Å². The summed E-state index contributed by atoms with van der Waals surface area (Å²) in [5, 5.41) is 17.0. The quantitative estimate of drug-likeness (QED) is 0.511. The first kappa shape index (κ1) is 21.1. The van der Waals surface area contributed by atoms with Crippen LogP contribution in [-0.2, 0) is 16.1 Å². The van der Waals surface area contributed by atoms with E-state index in [0.29, 0.717) is 35.1 Å². The Hall–Kier alpha value is -3.59. The molecule has 0 saturated carbocycles. The topological polar surface area (TPSA) is 116 Å². The normalized spacial score (nSPS) is 11.7. The number of ether oxygens (including phenoxy) is 3. The van der Waals surface area contributed by atoms with Gasteiger partial charge in [-0.05, 0) is 36.8 Å². The number of methoxy groups -OCH3 is 2. The molecule has 0 bridgehead atoms. The molecule has 0 saturated heterocycles. The third kappa shape index (κ3) is 4.69. The maximum Gasteiger partial charge on any atom is 0.327 e. The van der Waals surface area contributed by atoms with E-state index in [0.717, 1.165) is 0 Å². The molecule has 1 unspecified atom stereocenters. The summed E-state index contributed by atoms with van der Waals surface area (Å²) < 4.78 is 20.8. The number of phenolic OH excluding ortho intramolecular Hbond substituents is 1. The second-order valence-electron chi connectivity index (χ2n) is 6.21. The molecule has 2 N–H and O–H groups in total. The van der Waals surface area contributed by atoms with Gasteiger partial charge in [0.1, 0.15) is 11.8 Å². The van der Waals surface area contributed by atoms with Crippen LogP contribution in [0.15, 0.2) is 47.0 Å². The maximum atomic E-state index is 12.3. The molecule has 0 fully saturated rings. The summed E-state index contributed by atoms with van der Waals surface area (Å²) in [7, 11) is 2.73. The lowest BCUT2D eigenvalue weighted by Crippen LogP contribution is -2.29. The van der Waals surface area contributed by atoms with Crippen LogP contribution < -0.4 is 14.8 Å². The smallest absolute Gasteiger partial charge is 0.327 e. The highest BCUT2D eigenvalue weighted by atomic mass is 16.5. The average Bonchev–Trinajstić information content (AvgIpc) is 3.23. The minimum absolute atomic E-state index is 0.0849. The van der Waals surface area contributed by atoms with E-state index in [1.54, 1.807) is 12.1 Å². The van der Waals surface area contributed by atoms with Gasteiger partial charge in [-0.1, -0.05) is 23.4 Å². The molecule has 9 nitrogen and oxygen atoms in total. The van der Waals surface area contributed by atoms with Gasteiger partial charge in [0.15, 0.2) is 11.5 Å². The zero-order chi connectivity index (χ0) is 21.5. The van der Waals surface area contributed by atoms with E-state index in [2.05, 4.69) is 15.5 Å². The van der Waals surface area contributed by atoms with Crippen LogP contribution in [0.25, 0.3) is 11.4 Å². The van der Waals surface area contributed by atoms with Crippen molar-refractivity contribution in [2.45, 2.75) is 19.5 Å². The molecule has 3 aromatic rings. The Morgan fingerprint density at radius 1 is 1.20 bits per heavy atom. The number of esters is 1. The maximum absolute atomic E-state index is 12.3. The van der Waals surface area contributed by atoms with Crippen molar-refractivity contribution in [3.8, 4) is 28.6 Å². The molecule has 158 valence electrons. The van der Waals surface area contributed by atoms with Gasteiger partial charge in [-0.2, -0.15) is 4.98 Å². The van der Waals surface area contributed by atoms with Crippen molar-refractivity contribution >= 4 is 5.97 Å². The molecular weight excluding hydrogens is 390 g/mol. The van der Waals surface area contributed by atoms with Crippen molar-refractivity contribution in [3.05, 3.63) is 53.9 Å². The van der Waals surface area contributed by atoms with Crippen molar-refractivity contribution in [2.75, 3.05) is 20.8 Å². The van der Waals surface area contributed by atoms with E-state index in [9.17, 15) is 9.90 Å². The number of phenols is 1. The number of hydrogen-bond acceptors (Lipinski definition) is 9. The van der Waals surface area contributed by atoms with Crippen LogP contribution >= 0.6 is 0 Å². The SMILES string of the molecule is CCOc1ccccc1-c1noc(CNC(C(=O)OC)c2ccc(OC)c(O)c2)n1. The largest absolute Gasteiger partial charge is 0.504 e. The number of rotatable bonds is 9. The first-order valence-corrected chi connectivity index (χ1v) is 9.30. The fourth-order valence-electron chi connectivity index (χ4n) is 2.90. The van der Waals surface area contributed by atoms with Gasteiger partial charge < -0.3 is 23.8 Å². The minimum atomic E-state index is -0.849. The number of nitrogens with zero attached hydrogens (tertiary/aromatic N) is 2. The van der Waals surface area contributed by atoms with Crippen LogP contribution in [-0.4, -0.2) is 42.0 Å². The standard InChI is InChI=1S/C21H23N3O6/c1-4-29-16-8-6-5-7-14(16)20-23-18(30-24-20)12-22-19(21(26)28-3)13-9-10-17(27-2)15(25)11-13/h5-11,19,22,25H,4,12H2,1-3H3. The van der Waals surface area contributed by atoms with Crippen molar-refractivity contribution in [2.24, 2.45) is 0 Å². The highest BCUT2D eigenvalue weighted by Crippen LogP contribution is 2.30. The first-order valence-electron chi connectivity index (χ1n) is 9.30. The summed E-state index contributed by atoms with van der Waals surface area (Å²) in [6.07, 6.45) is 0. The Bertz CT molecular complexity index is 1000. The van der Waals surface area contributed by atoms with Gasteiger partial charge in [-0.15, -0.1) is 0 Å². The van der Waals surface area contributed by atoms with Crippen molar-refractivity contribution in [3.63, 3.8) is 0 Å². The summed E-state index contributed by atoms with van der Waals surface area (Å²) in [5.41, 5.74) is 1.21. The molecule has 0 spiro atoms. The van der Waals surface area contributed by atoms with Gasteiger partial charge in [0, 0.05) is 0 Å². The lowest BCUT2D eigenvalue weighted by molar-refractivity contribution is -0.143. The van der Waals surface area contributed by atoms with Crippen LogP contribution in [0, 0.1) is 0 Å². The second kappa shape index (κ2) is 9.75. The fourth-order valence-corrected chi connectivity index (χ4v) is 2.90. The minimum Gasteiger partial charge on any atom is -0.504 e. The number of hydrogen-bond donors (Lipinski definition) is 2. The lowest BCUT2D eigenvalue weighted by Gasteiger charge is -2.16.